The molecule has 1 atom stereocenters. The van der Waals surface area contributed by atoms with Gasteiger partial charge in [-0.15, -0.1) is 11.3 Å². The van der Waals surface area contributed by atoms with Crippen LogP contribution >= 0.6 is 22.7 Å². The van der Waals surface area contributed by atoms with Gasteiger partial charge in [-0.2, -0.15) is 0 Å². The Morgan fingerprint density at radius 2 is 2.27 bits per heavy atom. The number of aliphatic hydroxyl groups is 1. The highest BCUT2D eigenvalue weighted by atomic mass is 32.1. The summed E-state index contributed by atoms with van der Waals surface area (Å²) in [4.78, 5) is 20.4. The van der Waals surface area contributed by atoms with E-state index in [9.17, 15) is 9.90 Å². The first-order valence-corrected chi connectivity index (χ1v) is 9.18. The number of carbonyl (C=O) groups excluding carboxylic acids is 1. The summed E-state index contributed by atoms with van der Waals surface area (Å²) in [5.41, 5.74) is 0. The van der Waals surface area contributed by atoms with Gasteiger partial charge in [0.2, 0.25) is 0 Å². The van der Waals surface area contributed by atoms with Gasteiger partial charge in [0, 0.05) is 33.2 Å². The molecule has 2 aromatic heterocycles. The third-order valence-electron chi connectivity index (χ3n) is 4.26. The number of hydrogen-bond donors (Lipinski definition) is 2. The SMILES string of the molecule is CN(C)c1nc2sc(C(=O)NCC(CO)C3CCC3)cc2s1. The van der Waals surface area contributed by atoms with Crippen molar-refractivity contribution in [2.45, 2.75) is 19.3 Å². The molecule has 5 nitrogen and oxygen atoms in total. The Bertz CT molecular complexity index is 629. The summed E-state index contributed by atoms with van der Waals surface area (Å²) in [6.45, 7) is 0.708. The van der Waals surface area contributed by atoms with Crippen LogP contribution in [0.1, 0.15) is 28.9 Å². The van der Waals surface area contributed by atoms with Gasteiger partial charge in [0.25, 0.3) is 5.91 Å². The molecule has 22 heavy (non-hydrogen) atoms. The van der Waals surface area contributed by atoms with Gasteiger partial charge in [-0.05, 0) is 12.0 Å². The first-order chi connectivity index (χ1) is 10.6. The molecule has 2 N–H and O–H groups in total. The summed E-state index contributed by atoms with van der Waals surface area (Å²) in [6, 6.07) is 1.91. The molecule has 1 aliphatic carbocycles. The highest BCUT2D eigenvalue weighted by Crippen LogP contribution is 2.34. The molecule has 0 aromatic carbocycles. The zero-order valence-corrected chi connectivity index (χ0v) is 14.5. The van der Waals surface area contributed by atoms with Crippen LogP contribution in [0.25, 0.3) is 9.53 Å². The zero-order chi connectivity index (χ0) is 15.7. The molecule has 1 fully saturated rings. The van der Waals surface area contributed by atoms with Crippen LogP contribution in [0, 0.1) is 11.8 Å². The topological polar surface area (TPSA) is 65.5 Å². The van der Waals surface area contributed by atoms with E-state index >= 15 is 0 Å². The normalized spacial score (nSPS) is 16.5. The predicted octanol–water partition coefficient (Wildman–Crippen LogP) is 2.56. The van der Waals surface area contributed by atoms with Crippen molar-refractivity contribution in [2.24, 2.45) is 11.8 Å². The molecule has 0 aliphatic heterocycles. The third kappa shape index (κ3) is 3.11. The van der Waals surface area contributed by atoms with Gasteiger partial charge in [-0.1, -0.05) is 30.6 Å². The molecule has 120 valence electrons. The van der Waals surface area contributed by atoms with Crippen LogP contribution in [-0.2, 0) is 0 Å². The minimum absolute atomic E-state index is 0.0561. The fraction of sp³-hybridized carbons (Fsp3) is 0.600. The molecule has 0 spiro atoms. The largest absolute Gasteiger partial charge is 0.396 e. The Hall–Kier alpha value is -1.18. The summed E-state index contributed by atoms with van der Waals surface area (Å²) in [6.07, 6.45) is 3.59. The van der Waals surface area contributed by atoms with Crippen LogP contribution in [0.3, 0.4) is 0 Å². The minimum atomic E-state index is -0.0561. The molecule has 0 saturated heterocycles. The number of carbonyl (C=O) groups is 1. The molecular weight excluding hydrogens is 318 g/mol. The fourth-order valence-electron chi connectivity index (χ4n) is 2.63. The Morgan fingerprint density at radius 1 is 1.50 bits per heavy atom. The smallest absolute Gasteiger partial charge is 0.261 e. The van der Waals surface area contributed by atoms with Gasteiger partial charge < -0.3 is 15.3 Å². The number of rotatable bonds is 6. The summed E-state index contributed by atoms with van der Waals surface area (Å²) in [5, 5.41) is 13.4. The van der Waals surface area contributed by atoms with Gasteiger partial charge in [0.05, 0.1) is 9.58 Å². The van der Waals surface area contributed by atoms with Gasteiger partial charge in [-0.25, -0.2) is 4.98 Å². The van der Waals surface area contributed by atoms with Crippen molar-refractivity contribution >= 4 is 43.2 Å². The van der Waals surface area contributed by atoms with Crippen molar-refractivity contribution in [3.05, 3.63) is 10.9 Å². The van der Waals surface area contributed by atoms with Crippen molar-refractivity contribution in [2.75, 3.05) is 32.1 Å². The number of amides is 1. The molecule has 3 rings (SSSR count). The lowest BCUT2D eigenvalue weighted by Crippen LogP contribution is -2.36. The number of thiazole rings is 1. The first-order valence-electron chi connectivity index (χ1n) is 7.55. The van der Waals surface area contributed by atoms with E-state index in [0.29, 0.717) is 17.3 Å². The Kier molecular flexibility index (Phi) is 4.65. The van der Waals surface area contributed by atoms with Crippen LogP contribution in [0.15, 0.2) is 6.07 Å². The average molecular weight is 339 g/mol. The van der Waals surface area contributed by atoms with E-state index in [-0.39, 0.29) is 18.4 Å². The average Bonchev–Trinajstić information content (AvgIpc) is 2.98. The summed E-state index contributed by atoms with van der Waals surface area (Å²) in [7, 11) is 3.93. The predicted molar refractivity (Wildman–Crippen MR) is 92.1 cm³/mol. The Balaban J connectivity index is 1.63. The number of nitrogens with zero attached hydrogens (tertiary/aromatic N) is 2. The standard InChI is InChI=1S/C15H21N3O2S2/c1-18(2)15-17-14-12(22-15)6-11(21-14)13(20)16-7-10(8-19)9-4-3-5-9/h6,9-10,19H,3-5,7-8H2,1-2H3,(H,16,20). The summed E-state index contributed by atoms with van der Waals surface area (Å²) >= 11 is 3.02. The monoisotopic (exact) mass is 339 g/mol. The highest BCUT2D eigenvalue weighted by molar-refractivity contribution is 7.29. The van der Waals surface area contributed by atoms with E-state index in [1.165, 1.54) is 30.6 Å². The van der Waals surface area contributed by atoms with Gasteiger partial charge in [0.15, 0.2) is 5.13 Å². The first kappa shape index (κ1) is 15.7. The maximum Gasteiger partial charge on any atom is 0.261 e. The molecule has 0 radical (unpaired) electrons. The second-order valence-electron chi connectivity index (χ2n) is 6.01. The zero-order valence-electron chi connectivity index (χ0n) is 12.8. The molecule has 2 aromatic rings. The number of fused-ring (bicyclic) bond motifs is 1. The molecule has 1 aliphatic rings. The lowest BCUT2D eigenvalue weighted by atomic mass is 9.76. The van der Waals surface area contributed by atoms with E-state index in [4.69, 9.17) is 0 Å². The van der Waals surface area contributed by atoms with E-state index in [1.807, 2.05) is 25.1 Å². The molecule has 1 unspecified atom stereocenters. The third-order valence-corrected chi connectivity index (χ3v) is 6.59. The van der Waals surface area contributed by atoms with Crippen LogP contribution in [0.2, 0.25) is 0 Å². The van der Waals surface area contributed by atoms with E-state index in [0.717, 1.165) is 14.7 Å². The fourth-order valence-corrected chi connectivity index (χ4v) is 4.68. The second kappa shape index (κ2) is 6.52. The summed E-state index contributed by atoms with van der Waals surface area (Å²) in [5.74, 6) is 0.707. The number of nitrogens with one attached hydrogen (secondary N) is 1. The number of aliphatic hydroxyl groups excluding tert-OH is 1. The van der Waals surface area contributed by atoms with E-state index in [2.05, 4.69) is 10.3 Å². The highest BCUT2D eigenvalue weighted by Gasteiger charge is 2.27. The number of thiophene rings is 1. The van der Waals surface area contributed by atoms with E-state index in [1.54, 1.807) is 11.3 Å². The molecular formula is C15H21N3O2S2. The second-order valence-corrected chi connectivity index (χ2v) is 8.05. The number of anilines is 1. The lowest BCUT2D eigenvalue weighted by molar-refractivity contribution is 0.0893. The van der Waals surface area contributed by atoms with Crippen LogP contribution in [0.4, 0.5) is 5.13 Å². The minimum Gasteiger partial charge on any atom is -0.396 e. The van der Waals surface area contributed by atoms with Crippen molar-refractivity contribution < 1.29 is 9.90 Å². The lowest BCUT2D eigenvalue weighted by Gasteiger charge is -2.32. The van der Waals surface area contributed by atoms with Crippen molar-refractivity contribution in [3.8, 4) is 0 Å². The van der Waals surface area contributed by atoms with Gasteiger partial charge >= 0.3 is 0 Å². The number of aromatic nitrogens is 1. The van der Waals surface area contributed by atoms with E-state index < -0.39 is 0 Å². The summed E-state index contributed by atoms with van der Waals surface area (Å²) < 4.78 is 1.05. The molecule has 1 saturated carbocycles. The van der Waals surface area contributed by atoms with Crippen molar-refractivity contribution in [3.63, 3.8) is 0 Å². The van der Waals surface area contributed by atoms with Crippen LogP contribution < -0.4 is 10.2 Å². The molecule has 2 heterocycles. The van der Waals surface area contributed by atoms with Crippen LogP contribution in [0.5, 0.6) is 0 Å². The molecule has 0 bridgehead atoms. The number of hydrogen-bond acceptors (Lipinski definition) is 6. The van der Waals surface area contributed by atoms with Crippen molar-refractivity contribution in [1.29, 1.82) is 0 Å². The van der Waals surface area contributed by atoms with Gasteiger partial charge in [-0.3, -0.25) is 4.79 Å². The quantitative estimate of drug-likeness (QED) is 0.849. The van der Waals surface area contributed by atoms with Crippen LogP contribution in [-0.4, -0.2) is 43.2 Å². The Morgan fingerprint density at radius 3 is 2.82 bits per heavy atom. The maximum atomic E-state index is 12.3. The molecule has 7 heteroatoms. The van der Waals surface area contributed by atoms with Gasteiger partial charge in [0.1, 0.15) is 4.83 Å². The van der Waals surface area contributed by atoms with Crippen molar-refractivity contribution in [1.82, 2.24) is 10.3 Å². The maximum absolute atomic E-state index is 12.3. The molecule has 1 amide bonds. The Labute approximate surface area is 138 Å².